The van der Waals surface area contributed by atoms with Crippen molar-refractivity contribution in [1.29, 1.82) is 0 Å². The molecule has 2 rings (SSSR count). The topological polar surface area (TPSA) is 68.3 Å². The monoisotopic (exact) mass is 290 g/mol. The number of ether oxygens (including phenoxy) is 1. The van der Waals surface area contributed by atoms with Gasteiger partial charge in [0, 0.05) is 16.9 Å². The molecular formula is C14H11ClN2O3. The fourth-order valence-electron chi connectivity index (χ4n) is 1.53. The summed E-state index contributed by atoms with van der Waals surface area (Å²) in [5.41, 5.74) is 1.17. The zero-order valence-corrected chi connectivity index (χ0v) is 11.3. The first-order chi connectivity index (χ1) is 9.60. The molecule has 102 valence electrons. The van der Waals surface area contributed by atoms with E-state index in [-0.39, 0.29) is 11.6 Å². The Bertz CT molecular complexity index is 641. The molecule has 6 heteroatoms. The SMILES string of the molecule is COC(=O)c1ccc(NC(=O)c2cc(Cl)ccn2)cc1. The Kier molecular flexibility index (Phi) is 4.32. The van der Waals surface area contributed by atoms with E-state index in [1.165, 1.54) is 19.4 Å². The van der Waals surface area contributed by atoms with Crippen LogP contribution < -0.4 is 5.32 Å². The van der Waals surface area contributed by atoms with Gasteiger partial charge < -0.3 is 10.1 Å². The number of methoxy groups -OCH3 is 1. The fourth-order valence-corrected chi connectivity index (χ4v) is 1.69. The third kappa shape index (κ3) is 3.33. The van der Waals surface area contributed by atoms with Gasteiger partial charge in [-0.2, -0.15) is 0 Å². The fraction of sp³-hybridized carbons (Fsp3) is 0.0714. The molecule has 5 nitrogen and oxygen atoms in total. The van der Waals surface area contributed by atoms with Crippen molar-refractivity contribution in [2.24, 2.45) is 0 Å². The molecule has 2 aromatic rings. The number of nitrogens with one attached hydrogen (secondary N) is 1. The predicted octanol–water partition coefficient (Wildman–Crippen LogP) is 2.77. The number of esters is 1. The summed E-state index contributed by atoms with van der Waals surface area (Å²) in [5.74, 6) is -0.808. The van der Waals surface area contributed by atoms with Gasteiger partial charge in [0.15, 0.2) is 0 Å². The number of hydrogen-bond acceptors (Lipinski definition) is 4. The first kappa shape index (κ1) is 14.0. The average molecular weight is 291 g/mol. The lowest BCUT2D eigenvalue weighted by Gasteiger charge is -2.05. The molecule has 20 heavy (non-hydrogen) atoms. The van der Waals surface area contributed by atoms with Crippen LogP contribution in [0.4, 0.5) is 5.69 Å². The van der Waals surface area contributed by atoms with Gasteiger partial charge in [-0.05, 0) is 36.4 Å². The largest absolute Gasteiger partial charge is 0.465 e. The van der Waals surface area contributed by atoms with Gasteiger partial charge in [-0.25, -0.2) is 4.79 Å². The normalized spacial score (nSPS) is 9.90. The smallest absolute Gasteiger partial charge is 0.337 e. The van der Waals surface area contributed by atoms with E-state index in [2.05, 4.69) is 15.0 Å². The molecule has 0 saturated heterocycles. The quantitative estimate of drug-likeness (QED) is 0.883. The molecule has 1 amide bonds. The van der Waals surface area contributed by atoms with Crippen molar-refractivity contribution in [2.45, 2.75) is 0 Å². The minimum Gasteiger partial charge on any atom is -0.465 e. The number of anilines is 1. The summed E-state index contributed by atoms with van der Waals surface area (Å²) in [4.78, 5) is 27.1. The number of carbonyl (C=O) groups is 2. The van der Waals surface area contributed by atoms with Crippen LogP contribution >= 0.6 is 11.6 Å². The molecule has 0 aliphatic carbocycles. The maximum absolute atomic E-state index is 11.9. The molecule has 1 heterocycles. The number of benzene rings is 1. The van der Waals surface area contributed by atoms with Crippen LogP contribution in [0.25, 0.3) is 0 Å². The summed E-state index contributed by atoms with van der Waals surface area (Å²) in [6, 6.07) is 9.40. The highest BCUT2D eigenvalue weighted by molar-refractivity contribution is 6.30. The predicted molar refractivity (Wildman–Crippen MR) is 75.0 cm³/mol. The van der Waals surface area contributed by atoms with E-state index in [4.69, 9.17) is 11.6 Å². The number of carbonyl (C=O) groups excluding carboxylic acids is 2. The van der Waals surface area contributed by atoms with Crippen LogP contribution in [0.15, 0.2) is 42.6 Å². The second-order valence-corrected chi connectivity index (χ2v) is 4.32. The maximum atomic E-state index is 11.9. The molecule has 0 fully saturated rings. The van der Waals surface area contributed by atoms with Gasteiger partial charge in [0.05, 0.1) is 12.7 Å². The second kappa shape index (κ2) is 6.16. The van der Waals surface area contributed by atoms with Gasteiger partial charge in [-0.3, -0.25) is 9.78 Å². The van der Waals surface area contributed by atoms with E-state index in [1.807, 2.05) is 0 Å². The maximum Gasteiger partial charge on any atom is 0.337 e. The number of aromatic nitrogens is 1. The number of pyridine rings is 1. The minimum absolute atomic E-state index is 0.217. The van der Waals surface area contributed by atoms with Crippen molar-refractivity contribution < 1.29 is 14.3 Å². The lowest BCUT2D eigenvalue weighted by molar-refractivity contribution is 0.0600. The van der Waals surface area contributed by atoms with Crippen molar-refractivity contribution >= 4 is 29.2 Å². The van der Waals surface area contributed by atoms with Crippen molar-refractivity contribution in [3.05, 3.63) is 58.9 Å². The van der Waals surface area contributed by atoms with E-state index in [0.717, 1.165) is 0 Å². The number of rotatable bonds is 3. The number of halogens is 1. The summed E-state index contributed by atoms with van der Waals surface area (Å²) in [6.07, 6.45) is 1.46. The van der Waals surface area contributed by atoms with Crippen LogP contribution in [-0.4, -0.2) is 24.0 Å². The Morgan fingerprint density at radius 3 is 2.50 bits per heavy atom. The van der Waals surface area contributed by atoms with Gasteiger partial charge in [0.1, 0.15) is 5.69 Å². The highest BCUT2D eigenvalue weighted by Gasteiger charge is 2.09. The Morgan fingerprint density at radius 2 is 1.90 bits per heavy atom. The molecule has 0 radical (unpaired) electrons. The van der Waals surface area contributed by atoms with Crippen LogP contribution in [0, 0.1) is 0 Å². The molecule has 0 aliphatic rings. The Labute approximate surface area is 120 Å². The molecule has 1 aromatic heterocycles. The lowest BCUT2D eigenvalue weighted by atomic mass is 10.2. The highest BCUT2D eigenvalue weighted by atomic mass is 35.5. The third-order valence-electron chi connectivity index (χ3n) is 2.52. The molecule has 0 aliphatic heterocycles. The van der Waals surface area contributed by atoms with Gasteiger partial charge in [-0.15, -0.1) is 0 Å². The number of amides is 1. The summed E-state index contributed by atoms with van der Waals surface area (Å²) < 4.78 is 4.59. The van der Waals surface area contributed by atoms with Crippen LogP contribution in [-0.2, 0) is 4.74 Å². The number of hydrogen-bond donors (Lipinski definition) is 1. The average Bonchev–Trinajstić information content (AvgIpc) is 2.47. The van der Waals surface area contributed by atoms with Crippen LogP contribution in [0.5, 0.6) is 0 Å². The van der Waals surface area contributed by atoms with Crippen molar-refractivity contribution in [2.75, 3.05) is 12.4 Å². The second-order valence-electron chi connectivity index (χ2n) is 3.88. The third-order valence-corrected chi connectivity index (χ3v) is 2.75. The standard InChI is InChI=1S/C14H11ClN2O3/c1-20-14(19)9-2-4-11(5-3-9)17-13(18)12-8-10(15)6-7-16-12/h2-8H,1H3,(H,17,18). The van der Waals surface area contributed by atoms with Crippen molar-refractivity contribution in [3.63, 3.8) is 0 Å². The van der Waals surface area contributed by atoms with E-state index in [9.17, 15) is 9.59 Å². The Balaban J connectivity index is 2.10. The van der Waals surface area contributed by atoms with Gasteiger partial charge in [-0.1, -0.05) is 11.6 Å². The first-order valence-corrected chi connectivity index (χ1v) is 6.09. The van der Waals surface area contributed by atoms with Gasteiger partial charge >= 0.3 is 5.97 Å². The van der Waals surface area contributed by atoms with Crippen LogP contribution in [0.1, 0.15) is 20.8 Å². The Morgan fingerprint density at radius 1 is 1.20 bits per heavy atom. The highest BCUT2D eigenvalue weighted by Crippen LogP contribution is 2.13. The first-order valence-electron chi connectivity index (χ1n) is 5.71. The molecule has 1 aromatic carbocycles. The van der Waals surface area contributed by atoms with E-state index >= 15 is 0 Å². The Hall–Kier alpha value is -2.40. The molecule has 1 N–H and O–H groups in total. The summed E-state index contributed by atoms with van der Waals surface area (Å²) in [6.45, 7) is 0. The van der Waals surface area contributed by atoms with E-state index in [1.54, 1.807) is 30.3 Å². The summed E-state index contributed by atoms with van der Waals surface area (Å²) >= 11 is 5.79. The molecule has 0 unspecified atom stereocenters. The van der Waals surface area contributed by atoms with E-state index < -0.39 is 5.97 Å². The summed E-state index contributed by atoms with van der Waals surface area (Å²) in [5, 5.41) is 3.09. The molecular weight excluding hydrogens is 280 g/mol. The molecule has 0 bridgehead atoms. The molecule has 0 saturated carbocycles. The molecule has 0 atom stereocenters. The van der Waals surface area contributed by atoms with Crippen molar-refractivity contribution in [3.8, 4) is 0 Å². The zero-order chi connectivity index (χ0) is 14.5. The van der Waals surface area contributed by atoms with Crippen LogP contribution in [0.3, 0.4) is 0 Å². The molecule has 0 spiro atoms. The zero-order valence-electron chi connectivity index (χ0n) is 10.6. The number of nitrogens with zero attached hydrogens (tertiary/aromatic N) is 1. The van der Waals surface area contributed by atoms with Crippen LogP contribution in [0.2, 0.25) is 5.02 Å². The lowest BCUT2D eigenvalue weighted by Crippen LogP contribution is -2.13. The van der Waals surface area contributed by atoms with Gasteiger partial charge in [0.25, 0.3) is 5.91 Å². The van der Waals surface area contributed by atoms with Gasteiger partial charge in [0.2, 0.25) is 0 Å². The van der Waals surface area contributed by atoms with Crippen molar-refractivity contribution in [1.82, 2.24) is 4.98 Å². The minimum atomic E-state index is -0.431. The summed E-state index contributed by atoms with van der Waals surface area (Å²) in [7, 11) is 1.31. The van der Waals surface area contributed by atoms with E-state index in [0.29, 0.717) is 16.3 Å².